The molecular formula is C22H27N3O3. The highest BCUT2D eigenvalue weighted by atomic mass is 16.5. The molecule has 6 nitrogen and oxygen atoms in total. The highest BCUT2D eigenvalue weighted by Crippen LogP contribution is 2.21. The number of ether oxygens (including phenoxy) is 1. The summed E-state index contributed by atoms with van der Waals surface area (Å²) < 4.78 is 4.76. The summed E-state index contributed by atoms with van der Waals surface area (Å²) in [5, 5.41) is 3.09. The number of aromatic nitrogens is 1. The predicted octanol–water partition coefficient (Wildman–Crippen LogP) is 2.96. The quantitative estimate of drug-likeness (QED) is 0.779. The minimum absolute atomic E-state index is 0.0197. The van der Waals surface area contributed by atoms with Crippen LogP contribution in [0.4, 0.5) is 0 Å². The van der Waals surface area contributed by atoms with Crippen LogP contribution in [-0.2, 0) is 16.1 Å². The molecule has 1 aromatic carbocycles. The van der Waals surface area contributed by atoms with Gasteiger partial charge in [-0.25, -0.2) is 4.79 Å². The maximum atomic E-state index is 12.7. The third kappa shape index (κ3) is 5.16. The molecule has 1 N–H and O–H groups in total. The van der Waals surface area contributed by atoms with E-state index in [0.717, 1.165) is 43.7 Å². The number of nitrogens with one attached hydrogen (secondary N) is 1. The molecule has 0 saturated carbocycles. The van der Waals surface area contributed by atoms with Gasteiger partial charge in [-0.05, 0) is 62.7 Å². The fourth-order valence-electron chi connectivity index (χ4n) is 3.54. The molecule has 1 unspecified atom stereocenters. The normalized spacial score (nSPS) is 16.4. The minimum Gasteiger partial charge on any atom is -0.465 e. The summed E-state index contributed by atoms with van der Waals surface area (Å²) in [5.41, 5.74) is 2.44. The molecule has 0 bridgehead atoms. The van der Waals surface area contributed by atoms with E-state index in [9.17, 15) is 9.59 Å². The lowest BCUT2D eigenvalue weighted by atomic mass is 9.95. The summed E-state index contributed by atoms with van der Waals surface area (Å²) in [5.74, 6) is -0.277. The molecule has 28 heavy (non-hydrogen) atoms. The standard InChI is InChI=1S/C22H27N3O3/c1-16(18-6-5-7-19(14-18)22(27)28-2)24-21(26)17-9-12-25(13-10-17)15-20-8-3-4-11-23-20/h3-8,11,14,16-17H,9-10,12-13,15H2,1-2H3,(H,24,26). The second-order valence-electron chi connectivity index (χ2n) is 7.22. The van der Waals surface area contributed by atoms with E-state index in [4.69, 9.17) is 4.74 Å². The van der Waals surface area contributed by atoms with Crippen LogP contribution in [0.25, 0.3) is 0 Å². The zero-order valence-corrected chi connectivity index (χ0v) is 16.4. The van der Waals surface area contributed by atoms with Gasteiger partial charge in [0, 0.05) is 18.7 Å². The van der Waals surface area contributed by atoms with E-state index < -0.39 is 0 Å². The lowest BCUT2D eigenvalue weighted by molar-refractivity contribution is -0.127. The zero-order valence-electron chi connectivity index (χ0n) is 16.4. The number of nitrogens with zero attached hydrogens (tertiary/aromatic N) is 2. The van der Waals surface area contributed by atoms with Crippen molar-refractivity contribution in [1.82, 2.24) is 15.2 Å². The first-order valence-corrected chi connectivity index (χ1v) is 9.67. The summed E-state index contributed by atoms with van der Waals surface area (Å²) in [4.78, 5) is 31.1. The van der Waals surface area contributed by atoms with Crippen molar-refractivity contribution in [2.75, 3.05) is 20.2 Å². The van der Waals surface area contributed by atoms with Crippen molar-refractivity contribution in [3.8, 4) is 0 Å². The second-order valence-corrected chi connectivity index (χ2v) is 7.22. The van der Waals surface area contributed by atoms with Crippen molar-refractivity contribution >= 4 is 11.9 Å². The predicted molar refractivity (Wildman–Crippen MR) is 107 cm³/mol. The molecule has 6 heteroatoms. The van der Waals surface area contributed by atoms with Crippen molar-refractivity contribution < 1.29 is 14.3 Å². The van der Waals surface area contributed by atoms with E-state index >= 15 is 0 Å². The van der Waals surface area contributed by atoms with Crippen LogP contribution in [0.1, 0.15) is 47.4 Å². The first-order chi connectivity index (χ1) is 13.6. The summed E-state index contributed by atoms with van der Waals surface area (Å²) in [6.07, 6.45) is 3.49. The van der Waals surface area contributed by atoms with E-state index in [1.165, 1.54) is 7.11 Å². The molecule has 2 heterocycles. The number of amides is 1. The highest BCUT2D eigenvalue weighted by molar-refractivity contribution is 5.89. The van der Waals surface area contributed by atoms with Gasteiger partial charge in [-0.15, -0.1) is 0 Å². The Morgan fingerprint density at radius 3 is 2.68 bits per heavy atom. The SMILES string of the molecule is COC(=O)c1cccc(C(C)NC(=O)C2CCN(Cc3ccccn3)CC2)c1. The van der Waals surface area contributed by atoms with Crippen LogP contribution < -0.4 is 5.32 Å². The molecule has 1 fully saturated rings. The minimum atomic E-state index is -0.374. The Morgan fingerprint density at radius 2 is 2.00 bits per heavy atom. The molecule has 148 valence electrons. The molecular weight excluding hydrogens is 354 g/mol. The largest absolute Gasteiger partial charge is 0.465 e. The van der Waals surface area contributed by atoms with E-state index in [1.807, 2.05) is 37.4 Å². The van der Waals surface area contributed by atoms with Crippen LogP contribution in [-0.4, -0.2) is 42.0 Å². The Kier molecular flexibility index (Phi) is 6.76. The molecule has 1 saturated heterocycles. The number of likely N-dealkylation sites (tertiary alicyclic amines) is 1. The molecule has 0 radical (unpaired) electrons. The van der Waals surface area contributed by atoms with E-state index in [0.29, 0.717) is 5.56 Å². The molecule has 0 aliphatic carbocycles. The fourth-order valence-corrected chi connectivity index (χ4v) is 3.54. The van der Waals surface area contributed by atoms with Crippen LogP contribution >= 0.6 is 0 Å². The van der Waals surface area contributed by atoms with Crippen molar-refractivity contribution in [2.24, 2.45) is 5.92 Å². The van der Waals surface area contributed by atoms with Crippen LogP contribution in [0.5, 0.6) is 0 Å². The smallest absolute Gasteiger partial charge is 0.337 e. The van der Waals surface area contributed by atoms with Gasteiger partial charge in [-0.3, -0.25) is 14.7 Å². The van der Waals surface area contributed by atoms with Crippen molar-refractivity contribution in [1.29, 1.82) is 0 Å². The van der Waals surface area contributed by atoms with Crippen LogP contribution in [0.3, 0.4) is 0 Å². The number of rotatable bonds is 6. The molecule has 0 spiro atoms. The Hall–Kier alpha value is -2.73. The molecule has 1 amide bonds. The lowest BCUT2D eigenvalue weighted by Crippen LogP contribution is -2.41. The average Bonchev–Trinajstić information content (AvgIpc) is 2.74. The molecule has 1 aliphatic rings. The number of esters is 1. The zero-order chi connectivity index (χ0) is 19.9. The topological polar surface area (TPSA) is 71.5 Å². The van der Waals surface area contributed by atoms with E-state index in [1.54, 1.807) is 18.2 Å². The summed E-state index contributed by atoms with van der Waals surface area (Å²) in [6, 6.07) is 13.0. The Bertz CT molecular complexity index is 802. The number of pyridine rings is 1. The van der Waals surface area contributed by atoms with Crippen LogP contribution in [0.15, 0.2) is 48.7 Å². The first kappa shape index (κ1) is 20.0. The molecule has 1 aliphatic heterocycles. The van der Waals surface area contributed by atoms with Gasteiger partial charge in [-0.1, -0.05) is 18.2 Å². The molecule has 1 aromatic heterocycles. The second kappa shape index (κ2) is 9.46. The third-order valence-electron chi connectivity index (χ3n) is 5.24. The Morgan fingerprint density at radius 1 is 1.21 bits per heavy atom. The van der Waals surface area contributed by atoms with Gasteiger partial charge < -0.3 is 10.1 Å². The monoisotopic (exact) mass is 381 g/mol. The summed E-state index contributed by atoms with van der Waals surface area (Å²) in [6.45, 7) is 4.54. The number of carbonyl (C=O) groups excluding carboxylic acids is 2. The van der Waals surface area contributed by atoms with Gasteiger partial charge in [0.05, 0.1) is 24.4 Å². The van der Waals surface area contributed by atoms with E-state index in [2.05, 4.69) is 15.2 Å². The Balaban J connectivity index is 1.51. The lowest BCUT2D eigenvalue weighted by Gasteiger charge is -2.31. The highest BCUT2D eigenvalue weighted by Gasteiger charge is 2.26. The van der Waals surface area contributed by atoms with Crippen molar-refractivity contribution in [3.05, 3.63) is 65.5 Å². The van der Waals surface area contributed by atoms with Crippen molar-refractivity contribution in [3.63, 3.8) is 0 Å². The third-order valence-corrected chi connectivity index (χ3v) is 5.24. The van der Waals surface area contributed by atoms with E-state index in [-0.39, 0.29) is 23.8 Å². The number of carbonyl (C=O) groups is 2. The van der Waals surface area contributed by atoms with Gasteiger partial charge in [0.15, 0.2) is 0 Å². The Labute approximate surface area is 165 Å². The van der Waals surface area contributed by atoms with Gasteiger partial charge in [0.1, 0.15) is 0 Å². The molecule has 1 atom stereocenters. The average molecular weight is 381 g/mol. The maximum absolute atomic E-state index is 12.7. The maximum Gasteiger partial charge on any atom is 0.337 e. The van der Waals surface area contributed by atoms with Gasteiger partial charge in [0.2, 0.25) is 5.91 Å². The first-order valence-electron chi connectivity index (χ1n) is 9.67. The fraction of sp³-hybridized carbons (Fsp3) is 0.409. The summed E-state index contributed by atoms with van der Waals surface area (Å²) in [7, 11) is 1.36. The van der Waals surface area contributed by atoms with Crippen LogP contribution in [0.2, 0.25) is 0 Å². The number of piperidine rings is 1. The van der Waals surface area contributed by atoms with Gasteiger partial charge in [-0.2, -0.15) is 0 Å². The number of hydrogen-bond donors (Lipinski definition) is 1. The summed E-state index contributed by atoms with van der Waals surface area (Å²) >= 11 is 0. The van der Waals surface area contributed by atoms with Gasteiger partial charge in [0.25, 0.3) is 0 Å². The van der Waals surface area contributed by atoms with Gasteiger partial charge >= 0.3 is 5.97 Å². The number of hydrogen-bond acceptors (Lipinski definition) is 5. The number of benzene rings is 1. The molecule has 3 rings (SSSR count). The van der Waals surface area contributed by atoms with Crippen LogP contribution in [0, 0.1) is 5.92 Å². The van der Waals surface area contributed by atoms with Crippen molar-refractivity contribution in [2.45, 2.75) is 32.4 Å². The number of methoxy groups -OCH3 is 1. The molecule has 2 aromatic rings.